The van der Waals surface area contributed by atoms with E-state index in [0.29, 0.717) is 0 Å². The highest BCUT2D eigenvalue weighted by atomic mass is 79.9. The molecule has 1 unspecified atom stereocenters. The highest BCUT2D eigenvalue weighted by Crippen LogP contribution is 2.33. The third-order valence-corrected chi connectivity index (χ3v) is 3.33. The maximum Gasteiger partial charge on any atom is 0.133 e. The van der Waals surface area contributed by atoms with E-state index in [-0.39, 0.29) is 11.6 Å². The Kier molecular flexibility index (Phi) is 4.58. The van der Waals surface area contributed by atoms with Gasteiger partial charge >= 0.3 is 0 Å². The summed E-state index contributed by atoms with van der Waals surface area (Å²) in [6, 6.07) is 6.24. The van der Waals surface area contributed by atoms with Crippen molar-refractivity contribution in [3.05, 3.63) is 28.2 Å². The molecule has 0 bridgehead atoms. The summed E-state index contributed by atoms with van der Waals surface area (Å²) in [7, 11) is 5.74. The lowest BCUT2D eigenvalue weighted by Gasteiger charge is -2.36. The molecule has 0 saturated heterocycles. The minimum Gasteiger partial charge on any atom is -0.496 e. The van der Waals surface area contributed by atoms with Crippen molar-refractivity contribution in [2.75, 3.05) is 21.2 Å². The van der Waals surface area contributed by atoms with Crippen molar-refractivity contribution >= 4 is 15.9 Å². The molecule has 0 spiro atoms. The van der Waals surface area contributed by atoms with Gasteiger partial charge in [-0.25, -0.2) is 0 Å². The number of nitrogens with zero attached hydrogens (tertiary/aromatic N) is 1. The molecule has 96 valence electrons. The molecule has 2 N–H and O–H groups in total. The summed E-state index contributed by atoms with van der Waals surface area (Å²) >= 11 is 3.51. The molecule has 0 aliphatic rings. The summed E-state index contributed by atoms with van der Waals surface area (Å²) in [5, 5.41) is 0. The quantitative estimate of drug-likeness (QED) is 0.929. The number of rotatable bonds is 4. The van der Waals surface area contributed by atoms with Crippen LogP contribution in [0.3, 0.4) is 0 Å². The SMILES string of the molecule is COc1ccc(C(N(C)C)C(C)(C)N)cc1Br. The van der Waals surface area contributed by atoms with Gasteiger partial charge in [0.25, 0.3) is 0 Å². The van der Waals surface area contributed by atoms with Crippen LogP contribution in [0.2, 0.25) is 0 Å². The van der Waals surface area contributed by atoms with Gasteiger partial charge in [-0.2, -0.15) is 0 Å². The van der Waals surface area contributed by atoms with Gasteiger partial charge in [-0.15, -0.1) is 0 Å². The van der Waals surface area contributed by atoms with Crippen LogP contribution in [0.4, 0.5) is 0 Å². The van der Waals surface area contributed by atoms with E-state index in [4.69, 9.17) is 10.5 Å². The lowest BCUT2D eigenvalue weighted by atomic mass is 9.89. The molecule has 0 heterocycles. The number of hydrogen-bond donors (Lipinski definition) is 1. The summed E-state index contributed by atoms with van der Waals surface area (Å²) in [5.41, 5.74) is 7.11. The first kappa shape index (κ1) is 14.5. The predicted octanol–water partition coefficient (Wildman–Crippen LogP) is 2.80. The van der Waals surface area contributed by atoms with Crippen molar-refractivity contribution < 1.29 is 4.74 Å². The molecule has 0 amide bonds. The van der Waals surface area contributed by atoms with Crippen molar-refractivity contribution in [2.24, 2.45) is 5.73 Å². The van der Waals surface area contributed by atoms with Crippen LogP contribution in [0.5, 0.6) is 5.75 Å². The second-order valence-corrected chi connectivity index (χ2v) is 5.94. The molecule has 0 aliphatic carbocycles. The minimum absolute atomic E-state index is 0.157. The molecule has 17 heavy (non-hydrogen) atoms. The Bertz CT molecular complexity index is 385. The van der Waals surface area contributed by atoms with E-state index in [1.165, 1.54) is 5.56 Å². The summed E-state index contributed by atoms with van der Waals surface area (Å²) in [6.45, 7) is 4.08. The van der Waals surface area contributed by atoms with Crippen LogP contribution < -0.4 is 10.5 Å². The van der Waals surface area contributed by atoms with Crippen molar-refractivity contribution in [1.82, 2.24) is 4.90 Å². The molecular weight excluding hydrogens is 280 g/mol. The van der Waals surface area contributed by atoms with Crippen LogP contribution in [0.15, 0.2) is 22.7 Å². The molecule has 0 fully saturated rings. The van der Waals surface area contributed by atoms with E-state index in [9.17, 15) is 0 Å². The number of methoxy groups -OCH3 is 1. The fourth-order valence-electron chi connectivity index (χ4n) is 2.25. The molecule has 1 atom stereocenters. The van der Waals surface area contributed by atoms with Gasteiger partial charge in [-0.1, -0.05) is 6.07 Å². The van der Waals surface area contributed by atoms with Crippen LogP contribution in [-0.2, 0) is 0 Å². The molecule has 4 heteroatoms. The van der Waals surface area contributed by atoms with Crippen molar-refractivity contribution in [3.63, 3.8) is 0 Å². The van der Waals surface area contributed by atoms with Gasteiger partial charge in [0.1, 0.15) is 5.75 Å². The van der Waals surface area contributed by atoms with E-state index in [0.717, 1.165) is 10.2 Å². The summed E-state index contributed by atoms with van der Waals surface area (Å²) in [6.07, 6.45) is 0. The van der Waals surface area contributed by atoms with E-state index in [1.807, 2.05) is 34.0 Å². The van der Waals surface area contributed by atoms with Gasteiger partial charge in [-0.05, 0) is 61.6 Å². The largest absolute Gasteiger partial charge is 0.496 e. The molecule has 1 rings (SSSR count). The predicted molar refractivity (Wildman–Crippen MR) is 75.4 cm³/mol. The Morgan fingerprint density at radius 1 is 1.35 bits per heavy atom. The Morgan fingerprint density at radius 3 is 2.29 bits per heavy atom. The third kappa shape index (κ3) is 3.44. The van der Waals surface area contributed by atoms with Crippen LogP contribution in [0.1, 0.15) is 25.5 Å². The van der Waals surface area contributed by atoms with Crippen molar-refractivity contribution in [2.45, 2.75) is 25.4 Å². The number of nitrogens with two attached hydrogens (primary N) is 1. The lowest BCUT2D eigenvalue weighted by molar-refractivity contribution is 0.204. The zero-order chi connectivity index (χ0) is 13.2. The summed E-state index contributed by atoms with van der Waals surface area (Å²) in [4.78, 5) is 2.13. The van der Waals surface area contributed by atoms with Gasteiger partial charge < -0.3 is 15.4 Å². The van der Waals surface area contributed by atoms with Crippen molar-refractivity contribution in [1.29, 1.82) is 0 Å². The standard InChI is InChI=1S/C13H21BrN2O/c1-13(2,15)12(16(3)4)9-6-7-11(17-5)10(14)8-9/h6-8,12H,15H2,1-5H3. The van der Waals surface area contributed by atoms with Gasteiger partial charge in [0.15, 0.2) is 0 Å². The van der Waals surface area contributed by atoms with E-state index >= 15 is 0 Å². The molecule has 1 aromatic carbocycles. The number of likely N-dealkylation sites (N-methyl/N-ethyl adjacent to an activating group) is 1. The maximum atomic E-state index is 6.25. The van der Waals surface area contributed by atoms with Gasteiger partial charge in [-0.3, -0.25) is 0 Å². The lowest BCUT2D eigenvalue weighted by Crippen LogP contribution is -2.45. The zero-order valence-corrected chi connectivity index (χ0v) is 12.7. The Labute approximate surface area is 112 Å². The number of ether oxygens (including phenoxy) is 1. The Morgan fingerprint density at radius 2 is 1.94 bits per heavy atom. The molecule has 0 aromatic heterocycles. The second kappa shape index (κ2) is 5.38. The third-order valence-electron chi connectivity index (χ3n) is 2.71. The monoisotopic (exact) mass is 300 g/mol. The molecule has 1 aromatic rings. The van der Waals surface area contributed by atoms with Crippen LogP contribution in [-0.4, -0.2) is 31.6 Å². The number of halogens is 1. The van der Waals surface area contributed by atoms with Crippen LogP contribution >= 0.6 is 15.9 Å². The topological polar surface area (TPSA) is 38.5 Å². The average Bonchev–Trinajstić information content (AvgIpc) is 2.15. The normalized spacial score (nSPS) is 13.9. The fourth-order valence-corrected chi connectivity index (χ4v) is 2.80. The second-order valence-electron chi connectivity index (χ2n) is 5.08. The van der Waals surface area contributed by atoms with Crippen molar-refractivity contribution in [3.8, 4) is 5.75 Å². The number of hydrogen-bond acceptors (Lipinski definition) is 3. The maximum absolute atomic E-state index is 6.25. The first-order chi connectivity index (χ1) is 7.77. The highest BCUT2D eigenvalue weighted by Gasteiger charge is 2.29. The minimum atomic E-state index is -0.308. The molecule has 0 saturated carbocycles. The summed E-state index contributed by atoms with van der Waals surface area (Å²) < 4.78 is 6.19. The highest BCUT2D eigenvalue weighted by molar-refractivity contribution is 9.10. The fraction of sp³-hybridized carbons (Fsp3) is 0.538. The van der Waals surface area contributed by atoms with Gasteiger partial charge in [0.05, 0.1) is 17.6 Å². The zero-order valence-electron chi connectivity index (χ0n) is 11.1. The first-order valence-electron chi connectivity index (χ1n) is 5.56. The Hall–Kier alpha value is -0.580. The average molecular weight is 301 g/mol. The van der Waals surface area contributed by atoms with E-state index in [2.05, 4.69) is 33.0 Å². The molecule has 0 aliphatic heterocycles. The molecule has 0 radical (unpaired) electrons. The summed E-state index contributed by atoms with van der Waals surface area (Å²) in [5.74, 6) is 0.834. The molecular formula is C13H21BrN2O. The smallest absolute Gasteiger partial charge is 0.133 e. The van der Waals surface area contributed by atoms with Crippen LogP contribution in [0, 0.1) is 0 Å². The van der Waals surface area contributed by atoms with E-state index in [1.54, 1.807) is 7.11 Å². The number of benzene rings is 1. The van der Waals surface area contributed by atoms with Crippen LogP contribution in [0.25, 0.3) is 0 Å². The molecule has 3 nitrogen and oxygen atoms in total. The van der Waals surface area contributed by atoms with Gasteiger partial charge in [0, 0.05) is 5.54 Å². The Balaban J connectivity index is 3.17. The van der Waals surface area contributed by atoms with E-state index < -0.39 is 0 Å². The van der Waals surface area contributed by atoms with Gasteiger partial charge in [0.2, 0.25) is 0 Å². The first-order valence-corrected chi connectivity index (χ1v) is 6.35.